The lowest BCUT2D eigenvalue weighted by Crippen LogP contribution is -2.27. The number of hydrogen-bond donors (Lipinski definition) is 0. The van der Waals surface area contributed by atoms with Crippen LogP contribution in [0.5, 0.6) is 0 Å². The highest BCUT2D eigenvalue weighted by molar-refractivity contribution is 5.65. The number of carbonyl (C=O) groups is 1. The van der Waals surface area contributed by atoms with E-state index < -0.39 is 5.79 Å². The fourth-order valence-electron chi connectivity index (χ4n) is 1.17. The molecule has 1 saturated heterocycles. The molecular formula is C9H16O4. The molecule has 0 aromatic rings. The van der Waals surface area contributed by atoms with Crippen LogP contribution in [-0.4, -0.2) is 31.1 Å². The highest BCUT2D eigenvalue weighted by Crippen LogP contribution is 2.26. The minimum atomic E-state index is -0.495. The molecule has 76 valence electrons. The molecule has 4 heteroatoms. The van der Waals surface area contributed by atoms with Gasteiger partial charge in [-0.15, -0.1) is 0 Å². The van der Waals surface area contributed by atoms with Crippen molar-refractivity contribution in [2.75, 3.05) is 13.2 Å². The first-order chi connectivity index (χ1) is 6.06. The molecule has 13 heavy (non-hydrogen) atoms. The monoisotopic (exact) mass is 188 g/mol. The van der Waals surface area contributed by atoms with E-state index in [9.17, 15) is 4.79 Å². The van der Waals surface area contributed by atoms with Crippen LogP contribution in [0.15, 0.2) is 0 Å². The van der Waals surface area contributed by atoms with Gasteiger partial charge in [0.1, 0.15) is 12.7 Å². The lowest BCUT2D eigenvalue weighted by Gasteiger charge is -2.20. The Morgan fingerprint density at radius 2 is 2.38 bits per heavy atom. The molecule has 1 heterocycles. The van der Waals surface area contributed by atoms with Gasteiger partial charge >= 0.3 is 5.97 Å². The van der Waals surface area contributed by atoms with Crippen LogP contribution in [0.2, 0.25) is 0 Å². The molecule has 2 atom stereocenters. The minimum absolute atomic E-state index is 0.117. The van der Waals surface area contributed by atoms with Crippen LogP contribution < -0.4 is 0 Å². The van der Waals surface area contributed by atoms with Crippen molar-refractivity contribution in [3.63, 3.8) is 0 Å². The number of ether oxygens (including phenoxy) is 3. The van der Waals surface area contributed by atoms with Crippen molar-refractivity contribution in [3.8, 4) is 0 Å². The summed E-state index contributed by atoms with van der Waals surface area (Å²) in [5, 5.41) is 0. The smallest absolute Gasteiger partial charge is 0.302 e. The molecule has 0 saturated carbocycles. The van der Waals surface area contributed by atoms with Gasteiger partial charge in [-0.2, -0.15) is 0 Å². The standard InChI is InChI=1S/C9H16O4/c1-4-9(3)12-6-8(13-9)5-11-7(2)10/h8H,4-6H2,1-3H3/t8-,9+/m1/s1. The van der Waals surface area contributed by atoms with Crippen molar-refractivity contribution < 1.29 is 19.0 Å². The first-order valence-corrected chi connectivity index (χ1v) is 4.51. The molecule has 0 radical (unpaired) electrons. The predicted octanol–water partition coefficient (Wildman–Crippen LogP) is 1.09. The van der Waals surface area contributed by atoms with Crippen LogP contribution in [0.1, 0.15) is 27.2 Å². The molecular weight excluding hydrogens is 172 g/mol. The second kappa shape index (κ2) is 4.07. The molecule has 0 unspecified atom stereocenters. The Bertz CT molecular complexity index is 192. The van der Waals surface area contributed by atoms with Crippen LogP contribution in [-0.2, 0) is 19.0 Å². The molecule has 1 fully saturated rings. The van der Waals surface area contributed by atoms with Gasteiger partial charge in [-0.1, -0.05) is 6.92 Å². The summed E-state index contributed by atoms with van der Waals surface area (Å²) < 4.78 is 15.8. The summed E-state index contributed by atoms with van der Waals surface area (Å²) in [4.78, 5) is 10.5. The maximum absolute atomic E-state index is 10.5. The van der Waals surface area contributed by atoms with E-state index in [1.807, 2.05) is 13.8 Å². The van der Waals surface area contributed by atoms with Crippen LogP contribution in [0.4, 0.5) is 0 Å². The van der Waals surface area contributed by atoms with E-state index in [-0.39, 0.29) is 18.7 Å². The van der Waals surface area contributed by atoms with Gasteiger partial charge in [0.25, 0.3) is 0 Å². The second-order valence-electron chi connectivity index (χ2n) is 3.34. The van der Waals surface area contributed by atoms with E-state index in [0.717, 1.165) is 6.42 Å². The van der Waals surface area contributed by atoms with Crippen molar-refractivity contribution in [2.45, 2.75) is 39.1 Å². The molecule has 1 rings (SSSR count). The fourth-order valence-corrected chi connectivity index (χ4v) is 1.17. The third-order valence-electron chi connectivity index (χ3n) is 2.11. The van der Waals surface area contributed by atoms with Crippen molar-refractivity contribution in [2.24, 2.45) is 0 Å². The zero-order chi connectivity index (χ0) is 9.90. The highest BCUT2D eigenvalue weighted by atomic mass is 16.7. The van der Waals surface area contributed by atoms with Crippen molar-refractivity contribution >= 4 is 5.97 Å². The predicted molar refractivity (Wildman–Crippen MR) is 46.2 cm³/mol. The Labute approximate surface area is 78.2 Å². The summed E-state index contributed by atoms with van der Waals surface area (Å²) in [5.41, 5.74) is 0. The van der Waals surface area contributed by atoms with E-state index in [2.05, 4.69) is 0 Å². The van der Waals surface area contributed by atoms with Gasteiger partial charge in [-0.3, -0.25) is 4.79 Å². The van der Waals surface area contributed by atoms with Crippen LogP contribution >= 0.6 is 0 Å². The number of rotatable bonds is 3. The Balaban J connectivity index is 2.29. The van der Waals surface area contributed by atoms with E-state index in [4.69, 9.17) is 14.2 Å². The fraction of sp³-hybridized carbons (Fsp3) is 0.889. The zero-order valence-corrected chi connectivity index (χ0v) is 8.33. The Kier molecular flexibility index (Phi) is 3.27. The molecule has 1 aliphatic rings. The van der Waals surface area contributed by atoms with Crippen molar-refractivity contribution in [3.05, 3.63) is 0 Å². The maximum Gasteiger partial charge on any atom is 0.302 e. The second-order valence-corrected chi connectivity index (χ2v) is 3.34. The van der Waals surface area contributed by atoms with Gasteiger partial charge in [-0.05, 0) is 13.3 Å². The summed E-state index contributed by atoms with van der Waals surface area (Å²) in [6, 6.07) is 0. The quantitative estimate of drug-likeness (QED) is 0.622. The lowest BCUT2D eigenvalue weighted by atomic mass is 10.2. The largest absolute Gasteiger partial charge is 0.463 e. The van der Waals surface area contributed by atoms with Crippen LogP contribution in [0.3, 0.4) is 0 Å². The summed E-state index contributed by atoms with van der Waals surface area (Å²) in [7, 11) is 0. The van der Waals surface area contributed by atoms with Gasteiger partial charge < -0.3 is 14.2 Å². The van der Waals surface area contributed by atoms with Crippen molar-refractivity contribution in [1.82, 2.24) is 0 Å². The van der Waals surface area contributed by atoms with Gasteiger partial charge in [0.15, 0.2) is 5.79 Å². The van der Waals surface area contributed by atoms with E-state index in [1.165, 1.54) is 6.92 Å². The third kappa shape index (κ3) is 2.97. The Hall–Kier alpha value is -0.610. The first-order valence-electron chi connectivity index (χ1n) is 4.51. The Morgan fingerprint density at radius 1 is 1.69 bits per heavy atom. The summed E-state index contributed by atoms with van der Waals surface area (Å²) in [6.45, 7) is 6.05. The van der Waals surface area contributed by atoms with Crippen molar-refractivity contribution in [1.29, 1.82) is 0 Å². The number of hydrogen-bond acceptors (Lipinski definition) is 4. The van der Waals surface area contributed by atoms with Gasteiger partial charge in [-0.25, -0.2) is 0 Å². The SMILES string of the molecule is CC[C@@]1(C)OC[C@@H](COC(C)=O)O1. The molecule has 0 bridgehead atoms. The minimum Gasteiger partial charge on any atom is -0.463 e. The number of carbonyl (C=O) groups excluding carboxylic acids is 1. The molecule has 4 nitrogen and oxygen atoms in total. The van der Waals surface area contributed by atoms with Crippen LogP contribution in [0.25, 0.3) is 0 Å². The Morgan fingerprint density at radius 3 is 2.85 bits per heavy atom. The summed E-state index contributed by atoms with van der Waals surface area (Å²) in [6.07, 6.45) is 0.678. The normalized spacial score (nSPS) is 33.3. The maximum atomic E-state index is 10.5. The highest BCUT2D eigenvalue weighted by Gasteiger charge is 2.35. The molecule has 0 N–H and O–H groups in total. The lowest BCUT2D eigenvalue weighted by molar-refractivity contribution is -0.166. The molecule has 0 spiro atoms. The first kappa shape index (κ1) is 10.5. The van der Waals surface area contributed by atoms with Gasteiger partial charge in [0.05, 0.1) is 6.61 Å². The topological polar surface area (TPSA) is 44.8 Å². The van der Waals surface area contributed by atoms with Gasteiger partial charge in [0, 0.05) is 6.92 Å². The summed E-state index contributed by atoms with van der Waals surface area (Å²) in [5.74, 6) is -0.779. The molecule has 0 aromatic heterocycles. The van der Waals surface area contributed by atoms with E-state index in [0.29, 0.717) is 6.61 Å². The molecule has 1 aliphatic heterocycles. The molecule has 0 aromatic carbocycles. The van der Waals surface area contributed by atoms with E-state index >= 15 is 0 Å². The summed E-state index contributed by atoms with van der Waals surface area (Å²) >= 11 is 0. The van der Waals surface area contributed by atoms with E-state index in [1.54, 1.807) is 0 Å². The van der Waals surface area contributed by atoms with Crippen LogP contribution in [0, 0.1) is 0 Å². The average Bonchev–Trinajstić information content (AvgIpc) is 2.45. The zero-order valence-electron chi connectivity index (χ0n) is 8.33. The van der Waals surface area contributed by atoms with Gasteiger partial charge in [0.2, 0.25) is 0 Å². The molecule has 0 aliphatic carbocycles. The third-order valence-corrected chi connectivity index (χ3v) is 2.11. The average molecular weight is 188 g/mol. The molecule has 0 amide bonds. The number of esters is 1.